The Morgan fingerprint density at radius 3 is 1.47 bits per heavy atom. The minimum Gasteiger partial charge on any atom is -0.453 e. The van der Waals surface area contributed by atoms with Crippen molar-refractivity contribution >= 4 is 79.3 Å². The number of hydrogen-bond donors (Lipinski definition) is 0. The normalized spacial score (nSPS) is 12.4. The maximum absolute atomic E-state index is 6.22. The largest absolute Gasteiger partial charge is 0.453 e. The molecule has 0 aliphatic carbocycles. The summed E-state index contributed by atoms with van der Waals surface area (Å²) in [6, 6.07) is 33.0. The predicted octanol–water partition coefficient (Wildman–Crippen LogP) is 8.61. The smallest absolute Gasteiger partial charge is 0.151 e. The summed E-state index contributed by atoms with van der Waals surface area (Å²) in [6.45, 7) is 0. The molecular weight excluding hydrogens is 601 g/mol. The Morgan fingerprint density at radius 1 is 0.533 bits per heavy atom. The Morgan fingerprint density at radius 2 is 0.978 bits per heavy atom. The lowest BCUT2D eigenvalue weighted by Crippen LogP contribution is -2.15. The summed E-state index contributed by atoms with van der Waals surface area (Å²) in [5, 5.41) is 0. The minimum absolute atomic E-state index is 0.669. The van der Waals surface area contributed by atoms with Gasteiger partial charge in [-0.15, -0.1) is 0 Å². The Labute approximate surface area is 265 Å². The molecule has 9 rings (SSSR count). The number of hydrogen-bond acceptors (Lipinski definition) is 11. The van der Waals surface area contributed by atoms with Gasteiger partial charge in [-0.2, -0.15) is 17.5 Å². The molecule has 8 aromatic rings. The van der Waals surface area contributed by atoms with E-state index in [2.05, 4.69) is 88.0 Å². The third-order valence-electron chi connectivity index (χ3n) is 8.03. The molecule has 0 fully saturated rings. The van der Waals surface area contributed by atoms with Crippen molar-refractivity contribution in [2.75, 3.05) is 23.9 Å². The molecule has 11 heteroatoms. The van der Waals surface area contributed by atoms with Crippen molar-refractivity contribution in [1.29, 1.82) is 0 Å². The fourth-order valence-electron chi connectivity index (χ4n) is 5.84. The molecule has 5 aromatic carbocycles. The minimum atomic E-state index is 0.669. The lowest BCUT2D eigenvalue weighted by molar-refractivity contribution is 0.477. The Hall–Kier alpha value is -5.52. The highest BCUT2D eigenvalue weighted by atomic mass is 32.1. The van der Waals surface area contributed by atoms with E-state index in [-0.39, 0.29) is 0 Å². The molecule has 0 unspecified atom stereocenters. The first-order chi connectivity index (χ1) is 22.1. The van der Waals surface area contributed by atoms with Gasteiger partial charge in [0.05, 0.1) is 46.2 Å². The molecule has 3 aromatic heterocycles. The molecule has 0 bridgehead atoms. The zero-order valence-corrected chi connectivity index (χ0v) is 25.7. The molecule has 0 amide bonds. The van der Waals surface area contributed by atoms with E-state index in [0.29, 0.717) is 33.1 Å². The van der Waals surface area contributed by atoms with Crippen molar-refractivity contribution in [3.05, 3.63) is 97.1 Å². The fraction of sp³-hybridized carbons (Fsp3) is 0.0588. The molecule has 0 atom stereocenters. The van der Waals surface area contributed by atoms with Crippen molar-refractivity contribution < 1.29 is 4.74 Å². The summed E-state index contributed by atoms with van der Waals surface area (Å²) in [7, 11) is 4.06. The average molecular weight is 623 g/mol. The van der Waals surface area contributed by atoms with Gasteiger partial charge >= 0.3 is 0 Å². The van der Waals surface area contributed by atoms with Crippen LogP contribution in [0, 0.1) is 0 Å². The van der Waals surface area contributed by atoms with E-state index >= 15 is 0 Å². The molecular formula is C34H22N8OS2. The highest BCUT2D eigenvalue weighted by molar-refractivity contribution is 7.01. The number of nitrogens with zero attached hydrogens (tertiary/aromatic N) is 8. The van der Waals surface area contributed by atoms with Gasteiger partial charge in [0.15, 0.2) is 11.5 Å². The van der Waals surface area contributed by atoms with Crippen LogP contribution in [0.25, 0.3) is 55.6 Å². The van der Waals surface area contributed by atoms with Crippen molar-refractivity contribution in [3.8, 4) is 34.0 Å². The first kappa shape index (κ1) is 25.9. The van der Waals surface area contributed by atoms with E-state index in [0.717, 1.165) is 80.2 Å². The van der Waals surface area contributed by atoms with Crippen molar-refractivity contribution in [2.45, 2.75) is 0 Å². The molecule has 0 radical (unpaired) electrons. The number of ether oxygens (including phenoxy) is 1. The monoisotopic (exact) mass is 622 g/mol. The number of anilines is 4. The van der Waals surface area contributed by atoms with E-state index < -0.39 is 0 Å². The van der Waals surface area contributed by atoms with Crippen molar-refractivity contribution in [3.63, 3.8) is 0 Å². The summed E-state index contributed by atoms with van der Waals surface area (Å²) < 4.78 is 24.5. The maximum atomic E-state index is 6.22. The van der Waals surface area contributed by atoms with Gasteiger partial charge in [0, 0.05) is 36.6 Å². The standard InChI is InChI=1S/C34H22N8OS2/c1-41(2)21-15-11-19(12-16-21)27-28(36-30-29(35-27)31-33(39-44-37-31)34-32(30)38-45-40-34)20-13-17-22(18-14-20)42-23-7-3-5-9-25(23)43-26-10-6-4-8-24(26)42/h3-18H,1-2H3. The lowest BCUT2D eigenvalue weighted by Gasteiger charge is -2.32. The van der Waals surface area contributed by atoms with Crippen LogP contribution in [-0.2, 0) is 0 Å². The quantitative estimate of drug-likeness (QED) is 0.191. The van der Waals surface area contributed by atoms with E-state index in [1.165, 1.54) is 0 Å². The highest BCUT2D eigenvalue weighted by Crippen LogP contribution is 2.50. The first-order valence-electron chi connectivity index (χ1n) is 14.3. The SMILES string of the molecule is CN(C)c1ccc(-c2nc3c4nsnc4c4nsnc4c3nc2-c2ccc(N3c4ccccc4Oc4ccccc43)cc2)cc1. The summed E-state index contributed by atoms with van der Waals surface area (Å²) in [5.74, 6) is 1.63. The number of para-hydroxylation sites is 4. The molecule has 0 saturated heterocycles. The Balaban J connectivity index is 1.24. The van der Waals surface area contributed by atoms with Gasteiger partial charge in [-0.3, -0.25) is 0 Å². The molecule has 9 nitrogen and oxygen atoms in total. The van der Waals surface area contributed by atoms with Gasteiger partial charge in [0.1, 0.15) is 33.1 Å². The third kappa shape index (κ3) is 4.05. The van der Waals surface area contributed by atoms with Crippen LogP contribution >= 0.6 is 23.5 Å². The zero-order valence-electron chi connectivity index (χ0n) is 24.0. The Bertz CT molecular complexity index is 2360. The second-order valence-electron chi connectivity index (χ2n) is 10.9. The first-order valence-corrected chi connectivity index (χ1v) is 15.7. The van der Waals surface area contributed by atoms with Crippen LogP contribution in [0.1, 0.15) is 0 Å². The van der Waals surface area contributed by atoms with Gasteiger partial charge in [-0.25, -0.2) is 9.97 Å². The van der Waals surface area contributed by atoms with E-state index in [1.54, 1.807) is 0 Å². The molecule has 45 heavy (non-hydrogen) atoms. The Kier molecular flexibility index (Phi) is 5.77. The van der Waals surface area contributed by atoms with Gasteiger partial charge in [-0.05, 0) is 48.5 Å². The molecule has 1 aliphatic heterocycles. The average Bonchev–Trinajstić information content (AvgIpc) is 3.78. The van der Waals surface area contributed by atoms with Crippen LogP contribution in [0.4, 0.5) is 22.7 Å². The summed E-state index contributed by atoms with van der Waals surface area (Å²) in [5.41, 5.74) is 11.6. The van der Waals surface area contributed by atoms with Crippen LogP contribution in [0.2, 0.25) is 0 Å². The predicted molar refractivity (Wildman–Crippen MR) is 181 cm³/mol. The molecule has 0 saturated carbocycles. The number of rotatable bonds is 4. The summed E-state index contributed by atoms with van der Waals surface area (Å²) in [6.07, 6.45) is 0. The van der Waals surface area contributed by atoms with Crippen LogP contribution in [-0.4, -0.2) is 41.6 Å². The topological polar surface area (TPSA) is 93.0 Å². The molecule has 216 valence electrons. The lowest BCUT2D eigenvalue weighted by atomic mass is 10.0. The van der Waals surface area contributed by atoms with Crippen molar-refractivity contribution in [1.82, 2.24) is 27.5 Å². The molecule has 4 heterocycles. The van der Waals surface area contributed by atoms with Crippen LogP contribution in [0.15, 0.2) is 97.1 Å². The highest BCUT2D eigenvalue weighted by Gasteiger charge is 2.26. The van der Waals surface area contributed by atoms with Crippen molar-refractivity contribution in [2.24, 2.45) is 0 Å². The van der Waals surface area contributed by atoms with E-state index in [4.69, 9.17) is 14.7 Å². The number of aromatic nitrogens is 6. The second kappa shape index (κ2) is 10.0. The fourth-order valence-corrected chi connectivity index (χ4v) is 6.94. The maximum Gasteiger partial charge on any atom is 0.151 e. The van der Waals surface area contributed by atoms with E-state index in [1.807, 2.05) is 50.5 Å². The zero-order chi connectivity index (χ0) is 30.1. The second-order valence-corrected chi connectivity index (χ2v) is 12.0. The van der Waals surface area contributed by atoms with Crippen LogP contribution in [0.5, 0.6) is 11.5 Å². The number of fused-ring (bicyclic) bond motifs is 8. The number of benzene rings is 5. The summed E-state index contributed by atoms with van der Waals surface area (Å²) >= 11 is 2.30. The molecule has 0 spiro atoms. The van der Waals surface area contributed by atoms with Crippen LogP contribution < -0.4 is 14.5 Å². The van der Waals surface area contributed by atoms with Gasteiger partial charge in [0.25, 0.3) is 0 Å². The summed E-state index contributed by atoms with van der Waals surface area (Å²) in [4.78, 5) is 14.8. The molecule has 1 aliphatic rings. The van der Waals surface area contributed by atoms with Gasteiger partial charge < -0.3 is 14.5 Å². The van der Waals surface area contributed by atoms with Gasteiger partial charge in [0.2, 0.25) is 0 Å². The van der Waals surface area contributed by atoms with Gasteiger partial charge in [-0.1, -0.05) is 48.5 Å². The third-order valence-corrected chi connectivity index (χ3v) is 9.09. The van der Waals surface area contributed by atoms with E-state index in [9.17, 15) is 0 Å². The molecule has 0 N–H and O–H groups in total. The van der Waals surface area contributed by atoms with Crippen LogP contribution in [0.3, 0.4) is 0 Å².